The van der Waals surface area contributed by atoms with Crippen LogP contribution in [0.25, 0.3) is 0 Å². The van der Waals surface area contributed by atoms with Gasteiger partial charge in [0.1, 0.15) is 5.82 Å². The molecule has 18 heavy (non-hydrogen) atoms. The van der Waals surface area contributed by atoms with Gasteiger partial charge in [0.15, 0.2) is 11.6 Å². The average Bonchev–Trinajstić information content (AvgIpc) is 2.38. The molecule has 0 fully saturated rings. The van der Waals surface area contributed by atoms with Gasteiger partial charge in [0.2, 0.25) is 0 Å². The van der Waals surface area contributed by atoms with E-state index in [1.54, 1.807) is 24.3 Å². The van der Waals surface area contributed by atoms with Crippen LogP contribution in [0.3, 0.4) is 0 Å². The van der Waals surface area contributed by atoms with Crippen molar-refractivity contribution >= 4 is 0 Å². The number of hydrogen-bond donors (Lipinski definition) is 1. The van der Waals surface area contributed by atoms with E-state index in [0.29, 0.717) is 5.56 Å². The van der Waals surface area contributed by atoms with Crippen LogP contribution in [-0.4, -0.2) is 7.11 Å². The molecule has 0 heterocycles. The number of methoxy groups -OCH3 is 1. The summed E-state index contributed by atoms with van der Waals surface area (Å²) >= 11 is 0. The first-order valence-corrected chi connectivity index (χ1v) is 5.47. The lowest BCUT2D eigenvalue weighted by Crippen LogP contribution is -2.14. The number of halogens is 2. The number of benzene rings is 2. The van der Waals surface area contributed by atoms with Gasteiger partial charge >= 0.3 is 0 Å². The highest BCUT2D eigenvalue weighted by Gasteiger charge is 2.16. The number of rotatable bonds is 3. The Balaban J connectivity index is 2.43. The fourth-order valence-electron chi connectivity index (χ4n) is 1.81. The summed E-state index contributed by atoms with van der Waals surface area (Å²) < 4.78 is 32.0. The van der Waals surface area contributed by atoms with Crippen LogP contribution in [0, 0.1) is 11.6 Å². The van der Waals surface area contributed by atoms with Crippen molar-refractivity contribution in [2.24, 2.45) is 5.73 Å². The summed E-state index contributed by atoms with van der Waals surface area (Å²) in [5, 5.41) is 0. The minimum Gasteiger partial charge on any atom is -0.494 e. The summed E-state index contributed by atoms with van der Waals surface area (Å²) in [5.41, 5.74) is 6.74. The van der Waals surface area contributed by atoms with E-state index in [-0.39, 0.29) is 11.3 Å². The summed E-state index contributed by atoms with van der Waals surface area (Å²) in [6.45, 7) is 0. The van der Waals surface area contributed by atoms with E-state index in [1.165, 1.54) is 25.3 Å². The molecule has 4 heteroatoms. The van der Waals surface area contributed by atoms with Crippen molar-refractivity contribution in [2.45, 2.75) is 6.04 Å². The summed E-state index contributed by atoms with van der Waals surface area (Å²) in [4.78, 5) is 0. The fourth-order valence-corrected chi connectivity index (χ4v) is 1.81. The Bertz CT molecular complexity index is 557. The molecule has 1 unspecified atom stereocenters. The highest BCUT2D eigenvalue weighted by Crippen LogP contribution is 2.27. The number of hydrogen-bond acceptors (Lipinski definition) is 2. The molecule has 0 amide bonds. The molecule has 2 aromatic rings. The quantitative estimate of drug-likeness (QED) is 0.907. The van der Waals surface area contributed by atoms with E-state index >= 15 is 0 Å². The Morgan fingerprint density at radius 3 is 2.50 bits per heavy atom. The van der Waals surface area contributed by atoms with Gasteiger partial charge in [-0.05, 0) is 23.8 Å². The molecule has 2 N–H and O–H groups in total. The summed E-state index contributed by atoms with van der Waals surface area (Å²) in [7, 11) is 1.38. The molecule has 2 rings (SSSR count). The lowest BCUT2D eigenvalue weighted by Gasteiger charge is -2.15. The van der Waals surface area contributed by atoms with E-state index in [0.717, 1.165) is 0 Å². The molecule has 0 aliphatic rings. The molecule has 2 nitrogen and oxygen atoms in total. The highest BCUT2D eigenvalue weighted by atomic mass is 19.1. The molecule has 0 saturated carbocycles. The van der Waals surface area contributed by atoms with E-state index in [1.807, 2.05) is 0 Å². The predicted molar refractivity (Wildman–Crippen MR) is 65.4 cm³/mol. The summed E-state index contributed by atoms with van der Waals surface area (Å²) in [6.07, 6.45) is 0. The summed E-state index contributed by atoms with van der Waals surface area (Å²) in [5.74, 6) is -0.789. The first-order valence-electron chi connectivity index (χ1n) is 5.47. The van der Waals surface area contributed by atoms with Crippen molar-refractivity contribution < 1.29 is 13.5 Å². The third-order valence-corrected chi connectivity index (χ3v) is 2.76. The van der Waals surface area contributed by atoms with Crippen LogP contribution in [0.2, 0.25) is 0 Å². The van der Waals surface area contributed by atoms with Crippen LogP contribution in [0.15, 0.2) is 42.5 Å². The Hall–Kier alpha value is -1.94. The van der Waals surface area contributed by atoms with Crippen LogP contribution in [-0.2, 0) is 0 Å². The molecule has 0 aliphatic heterocycles. The van der Waals surface area contributed by atoms with E-state index in [9.17, 15) is 8.78 Å². The smallest absolute Gasteiger partial charge is 0.170 e. The maximum Gasteiger partial charge on any atom is 0.170 e. The van der Waals surface area contributed by atoms with Crippen molar-refractivity contribution in [3.63, 3.8) is 0 Å². The zero-order valence-electron chi connectivity index (χ0n) is 9.86. The molecular weight excluding hydrogens is 236 g/mol. The molecular formula is C14H13F2NO. The van der Waals surface area contributed by atoms with Gasteiger partial charge in [0, 0.05) is 5.56 Å². The second kappa shape index (κ2) is 5.14. The molecule has 0 bridgehead atoms. The lowest BCUT2D eigenvalue weighted by atomic mass is 9.99. The first kappa shape index (κ1) is 12.5. The molecule has 94 valence electrons. The SMILES string of the molecule is COc1cccc(C(N)c2cccc(F)c2)c1F. The topological polar surface area (TPSA) is 35.2 Å². The lowest BCUT2D eigenvalue weighted by molar-refractivity contribution is 0.383. The van der Waals surface area contributed by atoms with Crippen molar-refractivity contribution in [2.75, 3.05) is 7.11 Å². The van der Waals surface area contributed by atoms with Crippen LogP contribution in [0.4, 0.5) is 8.78 Å². The van der Waals surface area contributed by atoms with Crippen LogP contribution in [0.5, 0.6) is 5.75 Å². The van der Waals surface area contributed by atoms with Crippen molar-refractivity contribution in [1.29, 1.82) is 0 Å². The standard InChI is InChI=1S/C14H13F2NO/c1-18-12-7-3-6-11(13(12)16)14(17)9-4-2-5-10(15)8-9/h2-8,14H,17H2,1H3. The Morgan fingerprint density at radius 1 is 1.11 bits per heavy atom. The van der Waals surface area contributed by atoms with Gasteiger partial charge in [-0.25, -0.2) is 8.78 Å². The maximum atomic E-state index is 14.0. The minimum absolute atomic E-state index is 0.124. The van der Waals surface area contributed by atoms with E-state index in [2.05, 4.69) is 0 Å². The zero-order valence-corrected chi connectivity index (χ0v) is 9.86. The normalized spacial score (nSPS) is 12.2. The predicted octanol–water partition coefficient (Wildman–Crippen LogP) is 3.02. The molecule has 0 aliphatic carbocycles. The van der Waals surface area contributed by atoms with Crippen LogP contribution < -0.4 is 10.5 Å². The fraction of sp³-hybridized carbons (Fsp3) is 0.143. The molecule has 0 aromatic heterocycles. The average molecular weight is 249 g/mol. The second-order valence-electron chi connectivity index (χ2n) is 3.90. The third kappa shape index (κ3) is 2.33. The number of nitrogens with two attached hydrogens (primary N) is 1. The third-order valence-electron chi connectivity index (χ3n) is 2.76. The monoisotopic (exact) mass is 249 g/mol. The Morgan fingerprint density at radius 2 is 1.83 bits per heavy atom. The van der Waals surface area contributed by atoms with Crippen LogP contribution >= 0.6 is 0 Å². The second-order valence-corrected chi connectivity index (χ2v) is 3.90. The van der Waals surface area contributed by atoms with Gasteiger partial charge in [0.05, 0.1) is 13.2 Å². The van der Waals surface area contributed by atoms with Crippen molar-refractivity contribution in [3.8, 4) is 5.75 Å². The van der Waals surface area contributed by atoms with Gasteiger partial charge in [-0.3, -0.25) is 0 Å². The highest BCUT2D eigenvalue weighted by molar-refractivity contribution is 5.38. The first-order chi connectivity index (χ1) is 8.63. The van der Waals surface area contributed by atoms with Crippen LogP contribution in [0.1, 0.15) is 17.2 Å². The molecule has 0 spiro atoms. The Labute approximate surface area is 104 Å². The van der Waals surface area contributed by atoms with E-state index in [4.69, 9.17) is 10.5 Å². The van der Waals surface area contributed by atoms with E-state index < -0.39 is 17.7 Å². The van der Waals surface area contributed by atoms with Gasteiger partial charge < -0.3 is 10.5 Å². The van der Waals surface area contributed by atoms with Gasteiger partial charge in [0.25, 0.3) is 0 Å². The Kier molecular flexibility index (Phi) is 3.58. The van der Waals surface area contributed by atoms with Gasteiger partial charge in [-0.2, -0.15) is 0 Å². The van der Waals surface area contributed by atoms with Gasteiger partial charge in [-0.1, -0.05) is 24.3 Å². The molecule has 1 atom stereocenters. The zero-order chi connectivity index (χ0) is 13.1. The molecule has 2 aromatic carbocycles. The number of ether oxygens (including phenoxy) is 1. The minimum atomic E-state index is -0.726. The summed E-state index contributed by atoms with van der Waals surface area (Å²) in [6, 6.07) is 9.81. The van der Waals surface area contributed by atoms with Crippen molar-refractivity contribution in [1.82, 2.24) is 0 Å². The van der Waals surface area contributed by atoms with Gasteiger partial charge in [-0.15, -0.1) is 0 Å². The molecule has 0 radical (unpaired) electrons. The molecule has 0 saturated heterocycles. The van der Waals surface area contributed by atoms with Crippen molar-refractivity contribution in [3.05, 3.63) is 65.2 Å². The largest absolute Gasteiger partial charge is 0.494 e. The maximum absolute atomic E-state index is 14.0.